The van der Waals surface area contributed by atoms with Crippen molar-refractivity contribution in [1.82, 2.24) is 4.72 Å². The zero-order valence-electron chi connectivity index (χ0n) is 15.0. The first-order valence-corrected chi connectivity index (χ1v) is 9.22. The molecule has 0 amide bonds. The van der Waals surface area contributed by atoms with Gasteiger partial charge in [-0.3, -0.25) is 4.79 Å². The van der Waals surface area contributed by atoms with E-state index in [1.54, 1.807) is 13.8 Å². The Labute approximate surface area is 152 Å². The number of carbonyl (C=O) groups excluding carboxylic acids is 2. The number of rotatable bonds is 8. The smallest absolute Gasteiger partial charge is 0.338 e. The lowest BCUT2D eigenvalue weighted by atomic mass is 10.1. The van der Waals surface area contributed by atoms with Crippen molar-refractivity contribution in [2.24, 2.45) is 0 Å². The molecule has 0 aliphatic rings. The third-order valence-electron chi connectivity index (χ3n) is 3.13. The lowest BCUT2D eigenvalue weighted by molar-refractivity contribution is -0.113. The molecule has 0 radical (unpaired) electrons. The molecule has 0 fully saturated rings. The Hall–Kier alpha value is -2.52. The maximum absolute atomic E-state index is 12.2. The molecule has 0 atom stereocenters. The molecule has 0 aliphatic heterocycles. The van der Waals surface area contributed by atoms with Crippen molar-refractivity contribution in [3.63, 3.8) is 0 Å². The summed E-state index contributed by atoms with van der Waals surface area (Å²) in [4.78, 5) is 23.4. The van der Waals surface area contributed by atoms with E-state index in [0.29, 0.717) is 0 Å². The van der Waals surface area contributed by atoms with Gasteiger partial charge in [-0.05, 0) is 45.9 Å². The third kappa shape index (κ3) is 5.78. The second-order valence-electron chi connectivity index (χ2n) is 5.88. The van der Waals surface area contributed by atoms with Gasteiger partial charge in [-0.2, -0.15) is 0 Å². The quantitative estimate of drug-likeness (QED) is 0.272. The van der Waals surface area contributed by atoms with Crippen molar-refractivity contribution < 1.29 is 27.9 Å². The first-order valence-electron chi connectivity index (χ1n) is 7.73. The summed E-state index contributed by atoms with van der Waals surface area (Å²) >= 11 is 0. The molecule has 0 spiro atoms. The van der Waals surface area contributed by atoms with Gasteiger partial charge in [0.25, 0.3) is 0 Å². The van der Waals surface area contributed by atoms with E-state index in [1.807, 2.05) is 0 Å². The second-order valence-corrected chi connectivity index (χ2v) is 7.60. The molecule has 0 bridgehead atoms. The monoisotopic (exact) mass is 382 g/mol. The van der Waals surface area contributed by atoms with Crippen molar-refractivity contribution >= 4 is 27.5 Å². The molecule has 9 heteroatoms. The van der Waals surface area contributed by atoms with Crippen molar-refractivity contribution in [2.75, 3.05) is 6.61 Å². The van der Waals surface area contributed by atoms with E-state index >= 15 is 0 Å². The Balaban J connectivity index is 2.99. The van der Waals surface area contributed by atoms with Crippen LogP contribution < -0.4 is 4.72 Å². The molecule has 0 aromatic heterocycles. The number of aliphatic hydroxyl groups excluding tert-OH is 1. The van der Waals surface area contributed by atoms with Gasteiger partial charge in [0.2, 0.25) is 10.0 Å². The maximum Gasteiger partial charge on any atom is 0.338 e. The largest absolute Gasteiger partial charge is 0.508 e. The van der Waals surface area contributed by atoms with E-state index in [9.17, 15) is 23.1 Å². The Kier molecular flexibility index (Phi) is 7.22. The van der Waals surface area contributed by atoms with Gasteiger partial charge in [-0.1, -0.05) is 6.07 Å². The molecule has 1 rings (SSSR count). The van der Waals surface area contributed by atoms with Gasteiger partial charge in [0.15, 0.2) is 5.78 Å². The second kappa shape index (κ2) is 8.72. The van der Waals surface area contributed by atoms with E-state index < -0.39 is 34.1 Å². The summed E-state index contributed by atoms with van der Waals surface area (Å²) in [6.45, 7) is 5.24. The van der Waals surface area contributed by atoms with Gasteiger partial charge < -0.3 is 15.3 Å². The van der Waals surface area contributed by atoms with Crippen LogP contribution in [0, 0.1) is 5.41 Å². The lowest BCUT2D eigenvalue weighted by Crippen LogP contribution is -2.30. The predicted octanol–water partition coefficient (Wildman–Crippen LogP) is 1.97. The van der Waals surface area contributed by atoms with E-state index in [1.165, 1.54) is 32.0 Å². The minimum atomic E-state index is -3.77. The number of ketones is 1. The summed E-state index contributed by atoms with van der Waals surface area (Å²) in [5.74, 6) is -1.94. The number of esters is 1. The number of Topliss-reactive ketones (excluding diaryl/α,β-unsaturated/α-hetero) is 1. The molecule has 0 heterocycles. The molecule has 3 N–H and O–H groups in total. The highest BCUT2D eigenvalue weighted by Crippen LogP contribution is 2.14. The molecule has 1 aromatic carbocycles. The van der Waals surface area contributed by atoms with Gasteiger partial charge in [0.1, 0.15) is 12.4 Å². The van der Waals surface area contributed by atoms with Crippen molar-refractivity contribution in [3.05, 3.63) is 41.2 Å². The Bertz CT molecular complexity index is 840. The average molecular weight is 382 g/mol. The lowest BCUT2D eigenvalue weighted by Gasteiger charge is -2.11. The molecule has 0 saturated carbocycles. The SMILES string of the molecule is CC(=N)/C(C(C)=O)=C(/O)COC(=O)c1cccc(S(=O)(=O)NC(C)C)c1. The Morgan fingerprint density at radius 2 is 1.88 bits per heavy atom. The molecular weight excluding hydrogens is 360 g/mol. The summed E-state index contributed by atoms with van der Waals surface area (Å²) in [5.41, 5.74) is -0.408. The first kappa shape index (κ1) is 21.5. The van der Waals surface area contributed by atoms with Crippen LogP contribution in [0.25, 0.3) is 0 Å². The van der Waals surface area contributed by atoms with Crippen molar-refractivity contribution in [1.29, 1.82) is 5.41 Å². The summed E-state index contributed by atoms with van der Waals surface area (Å²) in [6, 6.07) is 4.94. The van der Waals surface area contributed by atoms with Crippen LogP contribution in [0.2, 0.25) is 0 Å². The molecule has 0 saturated heterocycles. The molecule has 0 aliphatic carbocycles. The number of hydrogen-bond donors (Lipinski definition) is 3. The fourth-order valence-electron chi connectivity index (χ4n) is 2.14. The highest BCUT2D eigenvalue weighted by atomic mass is 32.2. The van der Waals surface area contributed by atoms with E-state index in [0.717, 1.165) is 6.07 Å². The normalized spacial score (nSPS) is 12.5. The topological polar surface area (TPSA) is 134 Å². The average Bonchev–Trinajstić information content (AvgIpc) is 2.50. The van der Waals surface area contributed by atoms with Crippen LogP contribution in [0.4, 0.5) is 0 Å². The van der Waals surface area contributed by atoms with Gasteiger partial charge in [0.05, 0.1) is 16.0 Å². The van der Waals surface area contributed by atoms with E-state index in [2.05, 4.69) is 4.72 Å². The third-order valence-corrected chi connectivity index (χ3v) is 4.78. The molecule has 0 unspecified atom stereocenters. The van der Waals surface area contributed by atoms with Crippen molar-refractivity contribution in [2.45, 2.75) is 38.6 Å². The molecule has 1 aromatic rings. The highest BCUT2D eigenvalue weighted by Gasteiger charge is 2.19. The molecule has 26 heavy (non-hydrogen) atoms. The fourth-order valence-corrected chi connectivity index (χ4v) is 3.44. The summed E-state index contributed by atoms with van der Waals surface area (Å²) in [6.07, 6.45) is 0. The number of ether oxygens (including phenoxy) is 1. The number of allylic oxidation sites excluding steroid dienone is 1. The minimum Gasteiger partial charge on any atom is -0.508 e. The van der Waals surface area contributed by atoms with E-state index in [-0.39, 0.29) is 27.8 Å². The van der Waals surface area contributed by atoms with Crippen LogP contribution in [-0.4, -0.2) is 43.6 Å². The van der Waals surface area contributed by atoms with E-state index in [4.69, 9.17) is 10.1 Å². The summed E-state index contributed by atoms with van der Waals surface area (Å²) in [5, 5.41) is 17.3. The van der Waals surface area contributed by atoms with Crippen LogP contribution in [0.3, 0.4) is 0 Å². The summed E-state index contributed by atoms with van der Waals surface area (Å²) in [7, 11) is -3.77. The van der Waals surface area contributed by atoms with Crippen LogP contribution >= 0.6 is 0 Å². The molecule has 8 nitrogen and oxygen atoms in total. The zero-order chi connectivity index (χ0) is 20.1. The molecule has 142 valence electrons. The number of benzene rings is 1. The molecular formula is C17H22N2O6S. The maximum atomic E-state index is 12.2. The van der Waals surface area contributed by atoms with Gasteiger partial charge in [0, 0.05) is 11.8 Å². The Morgan fingerprint density at radius 1 is 1.27 bits per heavy atom. The number of nitrogens with one attached hydrogen (secondary N) is 2. The zero-order valence-corrected chi connectivity index (χ0v) is 15.8. The van der Waals surface area contributed by atoms with Gasteiger partial charge >= 0.3 is 5.97 Å². The van der Waals surface area contributed by atoms with Crippen LogP contribution in [0.15, 0.2) is 40.5 Å². The summed E-state index contributed by atoms with van der Waals surface area (Å²) < 4.78 is 31.6. The number of aliphatic hydroxyl groups is 1. The van der Waals surface area contributed by atoms with Gasteiger partial charge in [-0.15, -0.1) is 0 Å². The fraction of sp³-hybridized carbons (Fsp3) is 0.353. The van der Waals surface area contributed by atoms with Crippen molar-refractivity contribution in [3.8, 4) is 0 Å². The van der Waals surface area contributed by atoms with Crippen LogP contribution in [0.1, 0.15) is 38.1 Å². The predicted molar refractivity (Wildman–Crippen MR) is 95.9 cm³/mol. The van der Waals surface area contributed by atoms with Gasteiger partial charge in [-0.25, -0.2) is 17.9 Å². The number of hydrogen-bond acceptors (Lipinski definition) is 7. The van der Waals surface area contributed by atoms with Crippen LogP contribution in [0.5, 0.6) is 0 Å². The van der Waals surface area contributed by atoms with Crippen LogP contribution in [-0.2, 0) is 19.6 Å². The highest BCUT2D eigenvalue weighted by molar-refractivity contribution is 7.89. The minimum absolute atomic E-state index is 0.0274. The standard InChI is InChI=1S/C17H22N2O6S/c1-10(2)19-26(23,24)14-7-5-6-13(8-14)17(22)25-9-15(21)16(11(3)18)12(4)20/h5-8,10,18-19,21H,9H2,1-4H3/b16-15-,18-11?. The number of carbonyl (C=O) groups is 2. The first-order chi connectivity index (χ1) is 12.0. The number of sulfonamides is 1. The Morgan fingerprint density at radius 3 is 2.38 bits per heavy atom.